The summed E-state index contributed by atoms with van der Waals surface area (Å²) in [6.45, 7) is 7.91. The van der Waals surface area contributed by atoms with Crippen LogP contribution in [0.4, 0.5) is 11.4 Å². The van der Waals surface area contributed by atoms with Gasteiger partial charge in [0.05, 0.1) is 0 Å². The Hall–Kier alpha value is -4.58. The van der Waals surface area contributed by atoms with Crippen LogP contribution in [0.5, 0.6) is 0 Å². The SMILES string of the molecule is CC(C)CC(=O)Nc1cccc(C(=O)/C=C/c2ccc(/C=C/C(=O)c3cccc(NC(=O)CC(C)C)c3)cc2)c1. The molecule has 3 aromatic carbocycles. The van der Waals surface area contributed by atoms with Gasteiger partial charge in [-0.1, -0.05) is 88.4 Å². The van der Waals surface area contributed by atoms with Crippen LogP contribution in [0.25, 0.3) is 12.2 Å². The van der Waals surface area contributed by atoms with Crippen LogP contribution >= 0.6 is 0 Å². The summed E-state index contributed by atoms with van der Waals surface area (Å²) in [6.07, 6.45) is 7.28. The molecule has 0 aliphatic carbocycles. The molecule has 6 heteroatoms. The van der Waals surface area contributed by atoms with Crippen LogP contribution in [-0.2, 0) is 9.59 Å². The van der Waals surface area contributed by atoms with Crippen LogP contribution in [-0.4, -0.2) is 23.4 Å². The van der Waals surface area contributed by atoms with E-state index < -0.39 is 0 Å². The number of carbonyl (C=O) groups excluding carboxylic acids is 4. The molecule has 3 aromatic rings. The molecule has 0 heterocycles. The summed E-state index contributed by atoms with van der Waals surface area (Å²) >= 11 is 0. The highest BCUT2D eigenvalue weighted by Gasteiger charge is 2.09. The molecule has 0 aliphatic rings. The van der Waals surface area contributed by atoms with E-state index >= 15 is 0 Å². The molecular weight excluding hydrogens is 500 g/mol. The van der Waals surface area contributed by atoms with E-state index in [1.807, 2.05) is 52.0 Å². The Labute approximate surface area is 236 Å². The van der Waals surface area contributed by atoms with Gasteiger partial charge in [-0.2, -0.15) is 0 Å². The Morgan fingerprint density at radius 3 is 1.32 bits per heavy atom. The number of hydrogen-bond donors (Lipinski definition) is 2. The Balaban J connectivity index is 1.58. The third kappa shape index (κ3) is 9.95. The van der Waals surface area contributed by atoms with Crippen molar-refractivity contribution in [2.24, 2.45) is 11.8 Å². The van der Waals surface area contributed by atoms with E-state index in [2.05, 4.69) is 10.6 Å². The van der Waals surface area contributed by atoms with Gasteiger partial charge in [0.2, 0.25) is 11.8 Å². The summed E-state index contributed by atoms with van der Waals surface area (Å²) in [5, 5.41) is 5.67. The van der Waals surface area contributed by atoms with Crippen LogP contribution in [0, 0.1) is 11.8 Å². The first-order valence-corrected chi connectivity index (χ1v) is 13.4. The van der Waals surface area contributed by atoms with Crippen molar-refractivity contribution in [3.05, 3.63) is 107 Å². The monoisotopic (exact) mass is 536 g/mol. The predicted molar refractivity (Wildman–Crippen MR) is 162 cm³/mol. The topological polar surface area (TPSA) is 92.3 Å². The van der Waals surface area contributed by atoms with Gasteiger partial charge in [0.15, 0.2) is 11.6 Å². The molecule has 0 radical (unpaired) electrons. The van der Waals surface area contributed by atoms with Crippen LogP contribution in [0.2, 0.25) is 0 Å². The molecule has 0 aromatic heterocycles. The van der Waals surface area contributed by atoms with Crippen LogP contribution in [0.15, 0.2) is 84.9 Å². The van der Waals surface area contributed by atoms with Crippen LogP contribution in [0.3, 0.4) is 0 Å². The van der Waals surface area contributed by atoms with Gasteiger partial charge in [0, 0.05) is 35.3 Å². The van der Waals surface area contributed by atoms with Gasteiger partial charge in [0.25, 0.3) is 0 Å². The first-order chi connectivity index (χ1) is 19.1. The van der Waals surface area contributed by atoms with Gasteiger partial charge in [-0.25, -0.2) is 0 Å². The summed E-state index contributed by atoms with van der Waals surface area (Å²) < 4.78 is 0. The minimum atomic E-state index is -0.169. The Morgan fingerprint density at radius 2 is 0.975 bits per heavy atom. The quantitative estimate of drug-likeness (QED) is 0.186. The molecule has 0 bridgehead atoms. The van der Waals surface area contributed by atoms with E-state index in [0.29, 0.717) is 35.3 Å². The maximum atomic E-state index is 12.7. The predicted octanol–water partition coefficient (Wildman–Crippen LogP) is 7.45. The molecule has 3 rings (SSSR count). The molecule has 0 fully saturated rings. The van der Waals surface area contributed by atoms with E-state index in [0.717, 1.165) is 11.1 Å². The average Bonchev–Trinajstić information content (AvgIpc) is 2.90. The van der Waals surface area contributed by atoms with E-state index in [-0.39, 0.29) is 35.2 Å². The smallest absolute Gasteiger partial charge is 0.224 e. The lowest BCUT2D eigenvalue weighted by Crippen LogP contribution is -2.14. The lowest BCUT2D eigenvalue weighted by Gasteiger charge is -2.08. The van der Waals surface area contributed by atoms with Gasteiger partial charge in [-0.15, -0.1) is 0 Å². The standard InChI is InChI=1S/C34H36N2O4/c1-23(2)19-33(39)35-29-9-5-7-27(21-29)31(37)17-15-25-11-13-26(14-12-25)16-18-32(38)28-8-6-10-30(22-28)36-34(40)20-24(3)4/h5-18,21-24H,19-20H2,1-4H3,(H,35,39)(H,36,40)/b17-15+,18-16+. The second-order valence-corrected chi connectivity index (χ2v) is 10.5. The number of allylic oxidation sites excluding steroid dienone is 2. The zero-order chi connectivity index (χ0) is 29.1. The second kappa shape index (κ2) is 14.5. The van der Waals surface area contributed by atoms with Gasteiger partial charge >= 0.3 is 0 Å². The molecule has 0 saturated heterocycles. The Morgan fingerprint density at radius 1 is 0.600 bits per heavy atom. The summed E-state index contributed by atoms with van der Waals surface area (Å²) in [5.41, 5.74) is 3.84. The Bertz CT molecular complexity index is 1310. The number of rotatable bonds is 12. The highest BCUT2D eigenvalue weighted by molar-refractivity contribution is 6.08. The van der Waals surface area contributed by atoms with Crippen molar-refractivity contribution in [3.8, 4) is 0 Å². The fourth-order valence-corrected chi connectivity index (χ4v) is 3.92. The third-order valence-electron chi connectivity index (χ3n) is 5.84. The normalized spacial score (nSPS) is 11.3. The molecule has 6 nitrogen and oxygen atoms in total. The summed E-state index contributed by atoms with van der Waals surface area (Å²) in [7, 11) is 0. The molecule has 40 heavy (non-hydrogen) atoms. The summed E-state index contributed by atoms with van der Waals surface area (Å²) in [6, 6.07) is 21.2. The van der Waals surface area contributed by atoms with E-state index in [9.17, 15) is 19.2 Å². The van der Waals surface area contributed by atoms with Crippen LogP contribution in [0.1, 0.15) is 72.4 Å². The lowest BCUT2D eigenvalue weighted by atomic mass is 10.1. The number of benzene rings is 3. The van der Waals surface area contributed by atoms with E-state index in [1.165, 1.54) is 12.2 Å². The highest BCUT2D eigenvalue weighted by atomic mass is 16.2. The van der Waals surface area contributed by atoms with Crippen LogP contribution < -0.4 is 10.6 Å². The number of anilines is 2. The molecule has 206 valence electrons. The van der Waals surface area contributed by atoms with Gasteiger partial charge in [-0.3, -0.25) is 19.2 Å². The number of carbonyl (C=O) groups is 4. The molecule has 0 saturated carbocycles. The highest BCUT2D eigenvalue weighted by Crippen LogP contribution is 2.16. The zero-order valence-corrected chi connectivity index (χ0v) is 23.4. The largest absolute Gasteiger partial charge is 0.326 e. The fraction of sp³-hybridized carbons (Fsp3) is 0.235. The summed E-state index contributed by atoms with van der Waals surface area (Å²) in [5.74, 6) is 0.00799. The van der Waals surface area contributed by atoms with Crippen molar-refractivity contribution < 1.29 is 19.2 Å². The zero-order valence-electron chi connectivity index (χ0n) is 23.4. The molecule has 0 atom stereocenters. The van der Waals surface area contributed by atoms with Crippen molar-refractivity contribution in [2.45, 2.75) is 40.5 Å². The number of nitrogens with one attached hydrogen (secondary N) is 2. The van der Waals surface area contributed by atoms with E-state index in [1.54, 1.807) is 60.7 Å². The maximum Gasteiger partial charge on any atom is 0.224 e. The fourth-order valence-electron chi connectivity index (χ4n) is 3.92. The van der Waals surface area contributed by atoms with Gasteiger partial charge in [-0.05, 0) is 59.4 Å². The molecule has 0 aliphatic heterocycles. The summed E-state index contributed by atoms with van der Waals surface area (Å²) in [4.78, 5) is 49.4. The molecular formula is C34H36N2O4. The van der Waals surface area contributed by atoms with E-state index in [4.69, 9.17) is 0 Å². The van der Waals surface area contributed by atoms with Crippen molar-refractivity contribution in [3.63, 3.8) is 0 Å². The second-order valence-electron chi connectivity index (χ2n) is 10.5. The minimum Gasteiger partial charge on any atom is -0.326 e. The van der Waals surface area contributed by atoms with Gasteiger partial charge in [0.1, 0.15) is 0 Å². The molecule has 2 N–H and O–H groups in total. The first kappa shape index (κ1) is 30.0. The minimum absolute atomic E-state index is 0.0786. The number of amides is 2. The number of hydrogen-bond acceptors (Lipinski definition) is 4. The van der Waals surface area contributed by atoms with Crippen molar-refractivity contribution in [2.75, 3.05) is 10.6 Å². The maximum absolute atomic E-state index is 12.7. The Kier molecular flexibility index (Phi) is 10.9. The average molecular weight is 537 g/mol. The van der Waals surface area contributed by atoms with Gasteiger partial charge < -0.3 is 10.6 Å². The molecule has 0 unspecified atom stereocenters. The lowest BCUT2D eigenvalue weighted by molar-refractivity contribution is -0.117. The first-order valence-electron chi connectivity index (χ1n) is 13.4. The van der Waals surface area contributed by atoms with Crippen molar-refractivity contribution in [1.82, 2.24) is 0 Å². The molecule has 0 spiro atoms. The molecule has 2 amide bonds. The number of ketones is 2. The van der Waals surface area contributed by atoms with Crippen molar-refractivity contribution >= 4 is 46.9 Å². The van der Waals surface area contributed by atoms with Crippen molar-refractivity contribution in [1.29, 1.82) is 0 Å². The third-order valence-corrected chi connectivity index (χ3v) is 5.84.